The lowest BCUT2D eigenvalue weighted by Gasteiger charge is -2.30. The molecule has 1 aliphatic rings. The Morgan fingerprint density at radius 1 is 1.08 bits per heavy atom. The summed E-state index contributed by atoms with van der Waals surface area (Å²) in [5, 5.41) is 2.87. The molecule has 0 spiro atoms. The summed E-state index contributed by atoms with van der Waals surface area (Å²) >= 11 is 0. The quantitative estimate of drug-likeness (QED) is 0.435. The van der Waals surface area contributed by atoms with Crippen LogP contribution in [0.25, 0.3) is 0 Å². The molecule has 0 fully saturated rings. The van der Waals surface area contributed by atoms with E-state index in [1.807, 2.05) is 13.8 Å². The summed E-state index contributed by atoms with van der Waals surface area (Å²) < 4.78 is 51.9. The molecule has 9 nitrogen and oxygen atoms in total. The number of nitrogens with one attached hydrogen (secondary N) is 1. The third kappa shape index (κ3) is 7.59. The van der Waals surface area contributed by atoms with Gasteiger partial charge in [-0.1, -0.05) is 25.1 Å². The van der Waals surface area contributed by atoms with Crippen molar-refractivity contribution in [3.8, 4) is 11.5 Å². The van der Waals surface area contributed by atoms with Gasteiger partial charge in [0, 0.05) is 37.2 Å². The number of anilines is 1. The summed E-state index contributed by atoms with van der Waals surface area (Å²) in [4.78, 5) is 27.5. The van der Waals surface area contributed by atoms with Crippen LogP contribution in [0, 0.1) is 5.82 Å². The molecule has 2 aromatic rings. The summed E-state index contributed by atoms with van der Waals surface area (Å²) in [5.41, 5.74) is 0.687. The van der Waals surface area contributed by atoms with Gasteiger partial charge in [0.2, 0.25) is 21.8 Å². The minimum atomic E-state index is -3.66. The van der Waals surface area contributed by atoms with Crippen LogP contribution in [0.5, 0.6) is 11.5 Å². The minimum absolute atomic E-state index is 0.0329. The molecular formula is C27H36FN3O6S. The van der Waals surface area contributed by atoms with Crippen molar-refractivity contribution in [2.24, 2.45) is 0 Å². The molecule has 11 heteroatoms. The van der Waals surface area contributed by atoms with Gasteiger partial charge >= 0.3 is 0 Å². The molecule has 1 N–H and O–H groups in total. The van der Waals surface area contributed by atoms with E-state index in [4.69, 9.17) is 9.47 Å². The molecule has 3 rings (SSSR count). The molecule has 0 saturated carbocycles. The Kier molecular flexibility index (Phi) is 9.96. The van der Waals surface area contributed by atoms with E-state index in [0.29, 0.717) is 30.4 Å². The second-order valence-corrected chi connectivity index (χ2v) is 11.3. The van der Waals surface area contributed by atoms with E-state index in [1.54, 1.807) is 43.3 Å². The van der Waals surface area contributed by atoms with Gasteiger partial charge in [0.1, 0.15) is 25.1 Å². The summed E-state index contributed by atoms with van der Waals surface area (Å²) in [5.74, 6) is -0.191. The second kappa shape index (κ2) is 12.9. The summed E-state index contributed by atoms with van der Waals surface area (Å²) in [6, 6.07) is 10.1. The predicted octanol–water partition coefficient (Wildman–Crippen LogP) is 3.48. The van der Waals surface area contributed by atoms with Crippen LogP contribution in [0.3, 0.4) is 0 Å². The zero-order valence-corrected chi connectivity index (χ0v) is 23.1. The lowest BCUT2D eigenvalue weighted by Crippen LogP contribution is -2.49. The van der Waals surface area contributed by atoms with E-state index in [-0.39, 0.29) is 49.4 Å². The third-order valence-corrected chi connectivity index (χ3v) is 7.63. The standard InChI is InChI=1S/C27H36FN3O6S/c1-5-19(2)29-27(33)20(3)30(18-21-9-6-7-10-23(21)28)26(32)11-8-14-31(38(4,34)35)22-12-13-24-25(17-22)37-16-15-36-24/h6-7,9-10,12-13,17,19-20H,5,8,11,14-16,18H2,1-4H3,(H,29,33). The predicted molar refractivity (Wildman–Crippen MR) is 143 cm³/mol. The number of rotatable bonds is 12. The molecule has 208 valence electrons. The van der Waals surface area contributed by atoms with E-state index in [0.717, 1.165) is 12.7 Å². The first-order valence-electron chi connectivity index (χ1n) is 12.7. The van der Waals surface area contributed by atoms with E-state index in [2.05, 4.69) is 5.32 Å². The Hall–Kier alpha value is -3.34. The highest BCUT2D eigenvalue weighted by atomic mass is 32.2. The van der Waals surface area contributed by atoms with Gasteiger partial charge in [-0.3, -0.25) is 13.9 Å². The fourth-order valence-electron chi connectivity index (χ4n) is 4.05. The highest BCUT2D eigenvalue weighted by molar-refractivity contribution is 7.92. The number of sulfonamides is 1. The number of amides is 2. The summed E-state index contributed by atoms with van der Waals surface area (Å²) in [7, 11) is -3.66. The Labute approximate surface area is 224 Å². The normalized spacial score (nSPS) is 14.3. The molecule has 0 aliphatic carbocycles. The van der Waals surface area contributed by atoms with Crippen molar-refractivity contribution < 1.29 is 31.9 Å². The Bertz CT molecular complexity index is 1240. The van der Waals surface area contributed by atoms with Crippen molar-refractivity contribution >= 4 is 27.5 Å². The zero-order chi connectivity index (χ0) is 27.9. The van der Waals surface area contributed by atoms with E-state index >= 15 is 0 Å². The van der Waals surface area contributed by atoms with Crippen molar-refractivity contribution in [1.29, 1.82) is 0 Å². The fourth-order valence-corrected chi connectivity index (χ4v) is 5.01. The average molecular weight is 550 g/mol. The molecule has 2 unspecified atom stereocenters. The molecule has 2 amide bonds. The molecule has 2 atom stereocenters. The first kappa shape index (κ1) is 29.2. The number of hydrogen-bond donors (Lipinski definition) is 1. The van der Waals surface area contributed by atoms with Crippen LogP contribution >= 0.6 is 0 Å². The highest BCUT2D eigenvalue weighted by Crippen LogP contribution is 2.34. The maximum absolute atomic E-state index is 14.4. The number of ether oxygens (including phenoxy) is 2. The van der Waals surface area contributed by atoms with Gasteiger partial charge in [-0.2, -0.15) is 0 Å². The van der Waals surface area contributed by atoms with Crippen molar-refractivity contribution in [3.05, 3.63) is 53.8 Å². The number of carbonyl (C=O) groups is 2. The maximum atomic E-state index is 14.4. The Morgan fingerprint density at radius 2 is 1.76 bits per heavy atom. The van der Waals surface area contributed by atoms with Gasteiger partial charge in [-0.15, -0.1) is 0 Å². The monoisotopic (exact) mass is 549 g/mol. The van der Waals surface area contributed by atoms with Crippen LogP contribution in [0.2, 0.25) is 0 Å². The maximum Gasteiger partial charge on any atom is 0.242 e. The van der Waals surface area contributed by atoms with Crippen LogP contribution < -0.4 is 19.1 Å². The van der Waals surface area contributed by atoms with Gasteiger partial charge in [0.05, 0.1) is 11.9 Å². The van der Waals surface area contributed by atoms with E-state index < -0.39 is 21.9 Å². The molecule has 1 heterocycles. The largest absolute Gasteiger partial charge is 0.486 e. The number of halogens is 1. The number of nitrogens with zero attached hydrogens (tertiary/aromatic N) is 2. The van der Waals surface area contributed by atoms with E-state index in [1.165, 1.54) is 15.3 Å². The van der Waals surface area contributed by atoms with Crippen molar-refractivity contribution in [1.82, 2.24) is 10.2 Å². The molecule has 0 bridgehead atoms. The molecule has 0 saturated heterocycles. The van der Waals surface area contributed by atoms with Gasteiger partial charge < -0.3 is 19.7 Å². The van der Waals surface area contributed by atoms with Crippen LogP contribution in [0.1, 0.15) is 45.6 Å². The van der Waals surface area contributed by atoms with Crippen molar-refractivity contribution in [2.75, 3.05) is 30.3 Å². The topological polar surface area (TPSA) is 105 Å². The molecular weight excluding hydrogens is 513 g/mol. The smallest absolute Gasteiger partial charge is 0.242 e. The number of fused-ring (bicyclic) bond motifs is 1. The van der Waals surface area contributed by atoms with Gasteiger partial charge in [0.15, 0.2) is 11.5 Å². The third-order valence-electron chi connectivity index (χ3n) is 6.43. The zero-order valence-electron chi connectivity index (χ0n) is 22.3. The van der Waals surface area contributed by atoms with Crippen LogP contribution in [-0.4, -0.2) is 63.2 Å². The van der Waals surface area contributed by atoms with Gasteiger partial charge in [-0.05, 0) is 44.9 Å². The lowest BCUT2D eigenvalue weighted by molar-refractivity contribution is -0.141. The van der Waals surface area contributed by atoms with Crippen LogP contribution in [0.4, 0.5) is 10.1 Å². The molecule has 0 radical (unpaired) electrons. The molecule has 1 aliphatic heterocycles. The fraction of sp³-hybridized carbons (Fsp3) is 0.481. The first-order chi connectivity index (χ1) is 18.0. The van der Waals surface area contributed by atoms with Gasteiger partial charge in [-0.25, -0.2) is 12.8 Å². The number of benzene rings is 2. The summed E-state index contributed by atoms with van der Waals surface area (Å²) in [6.45, 7) is 6.14. The number of hydrogen-bond acceptors (Lipinski definition) is 6. The highest BCUT2D eigenvalue weighted by Gasteiger charge is 2.28. The Morgan fingerprint density at radius 3 is 2.42 bits per heavy atom. The molecule has 38 heavy (non-hydrogen) atoms. The molecule has 0 aromatic heterocycles. The van der Waals surface area contributed by atoms with Crippen molar-refractivity contribution in [3.63, 3.8) is 0 Å². The van der Waals surface area contributed by atoms with E-state index in [9.17, 15) is 22.4 Å². The van der Waals surface area contributed by atoms with Crippen molar-refractivity contribution in [2.45, 2.75) is 58.7 Å². The summed E-state index contributed by atoms with van der Waals surface area (Å²) in [6.07, 6.45) is 1.97. The SMILES string of the molecule is CCC(C)NC(=O)C(C)N(Cc1ccccc1F)C(=O)CCCN(c1ccc2c(c1)OCCO2)S(C)(=O)=O. The number of carbonyl (C=O) groups excluding carboxylic acids is 2. The van der Waals surface area contributed by atoms with Crippen LogP contribution in [0.15, 0.2) is 42.5 Å². The minimum Gasteiger partial charge on any atom is -0.486 e. The second-order valence-electron chi connectivity index (χ2n) is 9.37. The Balaban J connectivity index is 1.75. The molecule has 2 aromatic carbocycles. The lowest BCUT2D eigenvalue weighted by atomic mass is 10.1. The van der Waals surface area contributed by atoms with Crippen LogP contribution in [-0.2, 0) is 26.2 Å². The van der Waals surface area contributed by atoms with Gasteiger partial charge in [0.25, 0.3) is 0 Å². The average Bonchev–Trinajstić information content (AvgIpc) is 2.89. The first-order valence-corrected chi connectivity index (χ1v) is 14.6.